The molecule has 2 N–H and O–H groups in total. The molecular formula is C9H8N6. The van der Waals surface area contributed by atoms with E-state index in [0.29, 0.717) is 0 Å². The Bertz CT molecular complexity index is 519. The zero-order valence-corrected chi connectivity index (χ0v) is 7.78. The van der Waals surface area contributed by atoms with Crippen LogP contribution in [-0.4, -0.2) is 16.3 Å². The van der Waals surface area contributed by atoms with E-state index in [2.05, 4.69) is 25.3 Å². The Balaban J connectivity index is 2.38. The highest BCUT2D eigenvalue weighted by atomic mass is 15.2. The minimum Gasteiger partial charge on any atom is -0.322 e. The summed E-state index contributed by atoms with van der Waals surface area (Å²) >= 11 is 0. The van der Waals surface area contributed by atoms with Gasteiger partial charge in [0.2, 0.25) is 0 Å². The Morgan fingerprint density at radius 1 is 1.27 bits per heavy atom. The van der Waals surface area contributed by atoms with E-state index in [4.69, 9.17) is 5.84 Å². The average molecular weight is 200 g/mol. The summed E-state index contributed by atoms with van der Waals surface area (Å²) in [6.45, 7) is 0. The van der Waals surface area contributed by atoms with Gasteiger partial charge in [0, 0.05) is 11.6 Å². The van der Waals surface area contributed by atoms with Gasteiger partial charge in [0.05, 0.1) is 5.52 Å². The van der Waals surface area contributed by atoms with Gasteiger partial charge in [0.25, 0.3) is 5.95 Å². The second-order valence-corrected chi connectivity index (χ2v) is 2.71. The van der Waals surface area contributed by atoms with Gasteiger partial charge in [-0.15, -0.1) is 10.2 Å². The number of azo groups is 1. The molecule has 6 nitrogen and oxygen atoms in total. The van der Waals surface area contributed by atoms with E-state index in [1.54, 1.807) is 6.20 Å². The van der Waals surface area contributed by atoms with Crippen molar-refractivity contribution in [2.24, 2.45) is 21.2 Å². The highest BCUT2D eigenvalue weighted by molar-refractivity contribution is 5.78. The zero-order chi connectivity index (χ0) is 10.5. The van der Waals surface area contributed by atoms with Crippen molar-refractivity contribution in [3.63, 3.8) is 0 Å². The smallest absolute Gasteiger partial charge is 0.269 e. The number of hydrogen-bond acceptors (Lipinski definition) is 5. The van der Waals surface area contributed by atoms with Crippen molar-refractivity contribution < 1.29 is 0 Å². The number of hydrazone groups is 1. The Kier molecular flexibility index (Phi) is 2.59. The number of rotatable bonds is 2. The zero-order valence-electron chi connectivity index (χ0n) is 7.78. The number of fused-ring (bicyclic) bond motifs is 1. The summed E-state index contributed by atoms with van der Waals surface area (Å²) in [5, 5.41) is 11.4. The van der Waals surface area contributed by atoms with E-state index in [9.17, 15) is 0 Å². The summed E-state index contributed by atoms with van der Waals surface area (Å²) in [5.41, 5.74) is 0.825. The normalized spacial score (nSPS) is 11.7. The van der Waals surface area contributed by atoms with Crippen LogP contribution >= 0.6 is 0 Å². The maximum absolute atomic E-state index is 4.86. The van der Waals surface area contributed by atoms with Crippen LogP contribution in [0.5, 0.6) is 0 Å². The molecule has 0 atom stereocenters. The van der Waals surface area contributed by atoms with Gasteiger partial charge in [-0.1, -0.05) is 18.2 Å². The topological polar surface area (TPSA) is 88.9 Å². The van der Waals surface area contributed by atoms with Gasteiger partial charge in [-0.05, 0) is 6.07 Å². The van der Waals surface area contributed by atoms with E-state index in [0.717, 1.165) is 17.2 Å². The molecule has 0 aliphatic rings. The Morgan fingerprint density at radius 2 is 2.13 bits per heavy atom. The third-order valence-electron chi connectivity index (χ3n) is 1.74. The van der Waals surface area contributed by atoms with Gasteiger partial charge in [-0.2, -0.15) is 5.10 Å². The number of aromatic nitrogens is 2. The van der Waals surface area contributed by atoms with E-state index < -0.39 is 0 Å². The SMILES string of the molecule is NN=CN=Nc1ncc2ccccc2n1. The van der Waals surface area contributed by atoms with Gasteiger partial charge >= 0.3 is 0 Å². The fourth-order valence-corrected chi connectivity index (χ4v) is 1.12. The highest BCUT2D eigenvalue weighted by Gasteiger charge is 1.96. The van der Waals surface area contributed by atoms with Gasteiger partial charge < -0.3 is 5.84 Å². The van der Waals surface area contributed by atoms with E-state index in [1.165, 1.54) is 0 Å². The molecule has 6 heteroatoms. The third-order valence-corrected chi connectivity index (χ3v) is 1.74. The predicted molar refractivity (Wildman–Crippen MR) is 56.7 cm³/mol. The van der Waals surface area contributed by atoms with Crippen LogP contribution < -0.4 is 5.84 Å². The standard InChI is InChI=1S/C9H8N6/c10-12-6-13-15-9-11-5-7-3-1-2-4-8(7)14-9/h1-6H,10H2. The first-order valence-corrected chi connectivity index (χ1v) is 4.24. The maximum atomic E-state index is 4.86. The van der Waals surface area contributed by atoms with Crippen LogP contribution in [0.4, 0.5) is 5.95 Å². The Morgan fingerprint density at radius 3 is 3.00 bits per heavy atom. The predicted octanol–water partition coefficient (Wildman–Crippen LogP) is 1.62. The first kappa shape index (κ1) is 9.20. The molecule has 2 aromatic rings. The third kappa shape index (κ3) is 2.11. The molecule has 0 fully saturated rings. The second kappa shape index (κ2) is 4.23. The maximum Gasteiger partial charge on any atom is 0.269 e. The Hall–Kier alpha value is -2.37. The van der Waals surface area contributed by atoms with Crippen molar-refractivity contribution >= 4 is 23.2 Å². The summed E-state index contributed by atoms with van der Waals surface area (Å²) in [7, 11) is 0. The lowest BCUT2D eigenvalue weighted by Crippen LogP contribution is -1.83. The van der Waals surface area contributed by atoms with Gasteiger partial charge in [0.15, 0.2) is 6.34 Å². The monoisotopic (exact) mass is 200 g/mol. The largest absolute Gasteiger partial charge is 0.322 e. The molecule has 0 saturated carbocycles. The molecular weight excluding hydrogens is 192 g/mol. The molecule has 0 aliphatic heterocycles. The number of nitrogens with zero attached hydrogens (tertiary/aromatic N) is 5. The van der Waals surface area contributed by atoms with Crippen LogP contribution in [0.15, 0.2) is 45.8 Å². The molecule has 0 saturated heterocycles. The summed E-state index contributed by atoms with van der Waals surface area (Å²) in [6.07, 6.45) is 2.81. The van der Waals surface area contributed by atoms with Crippen molar-refractivity contribution in [2.45, 2.75) is 0 Å². The second-order valence-electron chi connectivity index (χ2n) is 2.71. The average Bonchev–Trinajstić information content (AvgIpc) is 2.29. The fourth-order valence-electron chi connectivity index (χ4n) is 1.12. The van der Waals surface area contributed by atoms with Crippen molar-refractivity contribution in [2.75, 3.05) is 0 Å². The van der Waals surface area contributed by atoms with E-state index in [-0.39, 0.29) is 5.95 Å². The van der Waals surface area contributed by atoms with Crippen LogP contribution in [0.1, 0.15) is 0 Å². The van der Waals surface area contributed by atoms with Crippen LogP contribution in [0.2, 0.25) is 0 Å². The van der Waals surface area contributed by atoms with Crippen molar-refractivity contribution in [3.8, 4) is 0 Å². The highest BCUT2D eigenvalue weighted by Crippen LogP contribution is 2.13. The first-order chi connectivity index (χ1) is 7.40. The van der Waals surface area contributed by atoms with E-state index in [1.807, 2.05) is 24.3 Å². The first-order valence-electron chi connectivity index (χ1n) is 4.24. The molecule has 0 amide bonds. The fraction of sp³-hybridized carbons (Fsp3) is 0. The van der Waals surface area contributed by atoms with Crippen LogP contribution in [-0.2, 0) is 0 Å². The van der Waals surface area contributed by atoms with Crippen LogP contribution in [0, 0.1) is 0 Å². The lowest BCUT2D eigenvalue weighted by atomic mass is 10.2. The van der Waals surface area contributed by atoms with Crippen molar-refractivity contribution in [3.05, 3.63) is 30.5 Å². The van der Waals surface area contributed by atoms with Crippen molar-refractivity contribution in [1.29, 1.82) is 0 Å². The molecule has 1 aromatic carbocycles. The minimum absolute atomic E-state index is 0.286. The lowest BCUT2D eigenvalue weighted by molar-refractivity contribution is 1.10. The molecule has 1 heterocycles. The van der Waals surface area contributed by atoms with Gasteiger partial charge in [-0.3, -0.25) is 0 Å². The summed E-state index contributed by atoms with van der Waals surface area (Å²) in [5.74, 6) is 5.14. The molecule has 0 bridgehead atoms. The number of hydrogen-bond donors (Lipinski definition) is 1. The Labute approximate surface area is 85.6 Å². The molecule has 2 rings (SSSR count). The summed E-state index contributed by atoms with van der Waals surface area (Å²) < 4.78 is 0. The van der Waals surface area contributed by atoms with E-state index >= 15 is 0 Å². The number of nitrogens with two attached hydrogens (primary N) is 1. The minimum atomic E-state index is 0.286. The molecule has 15 heavy (non-hydrogen) atoms. The summed E-state index contributed by atoms with van der Waals surface area (Å²) in [4.78, 5) is 8.18. The van der Waals surface area contributed by atoms with Crippen LogP contribution in [0.3, 0.4) is 0 Å². The van der Waals surface area contributed by atoms with Crippen molar-refractivity contribution in [1.82, 2.24) is 9.97 Å². The van der Waals surface area contributed by atoms with Gasteiger partial charge in [-0.25, -0.2) is 9.97 Å². The molecule has 0 radical (unpaired) electrons. The molecule has 74 valence electrons. The molecule has 0 aliphatic carbocycles. The number of benzene rings is 1. The summed E-state index contributed by atoms with van der Waals surface area (Å²) in [6, 6.07) is 7.64. The van der Waals surface area contributed by atoms with Gasteiger partial charge in [0.1, 0.15) is 0 Å². The lowest BCUT2D eigenvalue weighted by Gasteiger charge is -1.95. The van der Waals surface area contributed by atoms with Crippen LogP contribution in [0.25, 0.3) is 10.9 Å². The molecule has 0 spiro atoms. The quantitative estimate of drug-likeness (QED) is 0.262. The molecule has 0 unspecified atom stereocenters. The number of para-hydroxylation sites is 1. The molecule has 1 aromatic heterocycles.